The van der Waals surface area contributed by atoms with E-state index in [9.17, 15) is 0 Å². The molecule has 1 saturated heterocycles. The molecule has 3 heteroatoms. The van der Waals surface area contributed by atoms with Gasteiger partial charge in [0.2, 0.25) is 0 Å². The van der Waals surface area contributed by atoms with Gasteiger partial charge in [0.05, 0.1) is 11.9 Å². The molecule has 1 aliphatic heterocycles. The minimum Gasteiger partial charge on any atom is -0.370 e. The highest BCUT2D eigenvalue weighted by atomic mass is 16.5. The molecule has 2 heterocycles. The summed E-state index contributed by atoms with van der Waals surface area (Å²) in [6.07, 6.45) is 7.38. The minimum absolute atomic E-state index is 0.0119. The lowest BCUT2D eigenvalue weighted by Crippen LogP contribution is -2.34. The first-order valence-electron chi connectivity index (χ1n) is 10.3. The number of rotatable bonds is 7. The molecule has 0 spiro atoms. The number of hydrogen-bond donors (Lipinski definition) is 0. The number of nitrogens with zero attached hydrogens (tertiary/aromatic N) is 2. The summed E-state index contributed by atoms with van der Waals surface area (Å²) in [5.41, 5.74) is 3.69. The molecule has 0 radical (unpaired) electrons. The fraction of sp³-hybridized carbons (Fsp3) is 0.320. The lowest BCUT2D eigenvalue weighted by molar-refractivity contribution is 0.0670. The first-order chi connectivity index (χ1) is 13.9. The highest BCUT2D eigenvalue weighted by Crippen LogP contribution is 2.28. The van der Waals surface area contributed by atoms with Crippen LogP contribution in [0.1, 0.15) is 36.5 Å². The average molecular weight is 373 g/mol. The van der Waals surface area contributed by atoms with Gasteiger partial charge in [-0.25, -0.2) is 0 Å². The van der Waals surface area contributed by atoms with Crippen molar-refractivity contribution in [3.63, 3.8) is 0 Å². The van der Waals surface area contributed by atoms with Crippen molar-refractivity contribution in [1.29, 1.82) is 0 Å². The number of aromatic nitrogens is 1. The van der Waals surface area contributed by atoms with Crippen LogP contribution in [-0.4, -0.2) is 24.7 Å². The van der Waals surface area contributed by atoms with E-state index in [4.69, 9.17) is 4.74 Å². The van der Waals surface area contributed by atoms with E-state index < -0.39 is 0 Å². The lowest BCUT2D eigenvalue weighted by atomic mass is 9.93. The van der Waals surface area contributed by atoms with E-state index >= 15 is 0 Å². The number of pyridine rings is 1. The van der Waals surface area contributed by atoms with Crippen LogP contribution in [0.3, 0.4) is 0 Å². The van der Waals surface area contributed by atoms with Gasteiger partial charge in [-0.1, -0.05) is 60.7 Å². The molecule has 0 N–H and O–H groups in total. The Morgan fingerprint density at radius 1 is 0.857 bits per heavy atom. The predicted molar refractivity (Wildman–Crippen MR) is 114 cm³/mol. The molecule has 1 aliphatic rings. The molecule has 0 atom stereocenters. The van der Waals surface area contributed by atoms with Gasteiger partial charge in [-0.2, -0.15) is 0 Å². The fourth-order valence-electron chi connectivity index (χ4n) is 4.01. The molecule has 0 aliphatic carbocycles. The molecule has 3 nitrogen and oxygen atoms in total. The summed E-state index contributed by atoms with van der Waals surface area (Å²) in [6.45, 7) is 3.01. The zero-order chi connectivity index (χ0) is 19.0. The van der Waals surface area contributed by atoms with E-state index in [0.717, 1.165) is 32.0 Å². The monoisotopic (exact) mass is 372 g/mol. The maximum Gasteiger partial charge on any atom is 0.108 e. The quantitative estimate of drug-likeness (QED) is 0.548. The van der Waals surface area contributed by atoms with Gasteiger partial charge in [-0.15, -0.1) is 0 Å². The van der Waals surface area contributed by atoms with Crippen LogP contribution in [0, 0.1) is 5.92 Å². The Hall–Kier alpha value is -2.65. The van der Waals surface area contributed by atoms with Gasteiger partial charge in [-0.3, -0.25) is 4.98 Å². The fourth-order valence-corrected chi connectivity index (χ4v) is 4.01. The Balaban J connectivity index is 1.31. The molecular formula is C25H28N2O. The molecule has 4 rings (SSSR count). The van der Waals surface area contributed by atoms with Crippen LogP contribution in [0.2, 0.25) is 0 Å². The molecule has 144 valence electrons. The molecule has 0 saturated carbocycles. The van der Waals surface area contributed by atoms with E-state index in [1.807, 2.05) is 18.5 Å². The third-order valence-electron chi connectivity index (χ3n) is 5.64. The number of anilines is 1. The maximum absolute atomic E-state index is 6.40. The largest absolute Gasteiger partial charge is 0.370 e. The highest BCUT2D eigenvalue weighted by Gasteiger charge is 2.21. The third kappa shape index (κ3) is 4.79. The number of benzene rings is 2. The number of ether oxygens (including phenoxy) is 1. The van der Waals surface area contributed by atoms with Gasteiger partial charge in [0.1, 0.15) is 6.10 Å². The molecule has 0 bridgehead atoms. The second kappa shape index (κ2) is 9.52. The van der Waals surface area contributed by atoms with Crippen molar-refractivity contribution < 1.29 is 4.74 Å². The summed E-state index contributed by atoms with van der Waals surface area (Å²) < 4.78 is 6.40. The normalized spacial score (nSPS) is 15.1. The SMILES string of the molecule is c1ccc(C(OCCC2CCN(c3cccnc3)CC2)c2ccccc2)cc1. The van der Waals surface area contributed by atoms with Gasteiger partial charge in [0.25, 0.3) is 0 Å². The van der Waals surface area contributed by atoms with Crippen molar-refractivity contribution in [1.82, 2.24) is 4.98 Å². The molecule has 1 fully saturated rings. The maximum atomic E-state index is 6.40. The molecule has 2 aromatic carbocycles. The Kier molecular flexibility index (Phi) is 6.36. The van der Waals surface area contributed by atoms with Gasteiger partial charge >= 0.3 is 0 Å². The summed E-state index contributed by atoms with van der Waals surface area (Å²) in [5.74, 6) is 0.736. The first-order valence-corrected chi connectivity index (χ1v) is 10.3. The van der Waals surface area contributed by atoms with E-state index in [-0.39, 0.29) is 6.10 Å². The zero-order valence-electron chi connectivity index (χ0n) is 16.3. The van der Waals surface area contributed by atoms with E-state index in [1.165, 1.54) is 29.7 Å². The van der Waals surface area contributed by atoms with E-state index in [2.05, 4.69) is 76.6 Å². The number of hydrogen-bond acceptors (Lipinski definition) is 3. The van der Waals surface area contributed by atoms with E-state index in [1.54, 1.807) is 0 Å². The van der Waals surface area contributed by atoms with Crippen molar-refractivity contribution in [3.8, 4) is 0 Å². The van der Waals surface area contributed by atoms with Crippen LogP contribution in [0.15, 0.2) is 85.2 Å². The molecule has 28 heavy (non-hydrogen) atoms. The molecule has 3 aromatic rings. The average Bonchev–Trinajstić information content (AvgIpc) is 2.79. The Labute approximate surface area is 168 Å². The van der Waals surface area contributed by atoms with Crippen LogP contribution in [0.4, 0.5) is 5.69 Å². The smallest absolute Gasteiger partial charge is 0.108 e. The second-order valence-corrected chi connectivity index (χ2v) is 7.50. The standard InChI is InChI=1S/C25H28N2O/c1-3-8-22(9-4-1)25(23-10-5-2-6-11-23)28-19-15-21-13-17-27(18-14-21)24-12-7-16-26-20-24/h1-12,16,20-21,25H,13-15,17-19H2. The summed E-state index contributed by atoms with van der Waals surface area (Å²) in [7, 11) is 0. The lowest BCUT2D eigenvalue weighted by Gasteiger charge is -2.33. The molecule has 0 amide bonds. The van der Waals surface area contributed by atoms with Crippen molar-refractivity contribution in [2.24, 2.45) is 5.92 Å². The van der Waals surface area contributed by atoms with Crippen LogP contribution in [0.25, 0.3) is 0 Å². The zero-order valence-corrected chi connectivity index (χ0v) is 16.3. The first kappa shape index (κ1) is 18.7. The van der Waals surface area contributed by atoms with Crippen molar-refractivity contribution in [2.45, 2.75) is 25.4 Å². The van der Waals surface area contributed by atoms with Crippen LogP contribution >= 0.6 is 0 Å². The Morgan fingerprint density at radius 3 is 2.07 bits per heavy atom. The Morgan fingerprint density at radius 2 is 1.50 bits per heavy atom. The van der Waals surface area contributed by atoms with Crippen molar-refractivity contribution in [3.05, 3.63) is 96.3 Å². The van der Waals surface area contributed by atoms with Gasteiger partial charge in [0.15, 0.2) is 0 Å². The predicted octanol–water partition coefficient (Wildman–Crippen LogP) is 5.49. The third-order valence-corrected chi connectivity index (χ3v) is 5.64. The van der Waals surface area contributed by atoms with E-state index in [0.29, 0.717) is 0 Å². The summed E-state index contributed by atoms with van der Waals surface area (Å²) in [6, 6.07) is 25.3. The van der Waals surface area contributed by atoms with Crippen LogP contribution in [-0.2, 0) is 4.74 Å². The minimum atomic E-state index is 0.0119. The summed E-state index contributed by atoms with van der Waals surface area (Å²) in [5, 5.41) is 0. The molecular weight excluding hydrogens is 344 g/mol. The molecule has 1 aromatic heterocycles. The summed E-state index contributed by atoms with van der Waals surface area (Å²) in [4.78, 5) is 6.69. The highest BCUT2D eigenvalue weighted by molar-refractivity contribution is 5.43. The van der Waals surface area contributed by atoms with Crippen molar-refractivity contribution >= 4 is 5.69 Å². The number of piperidine rings is 1. The van der Waals surface area contributed by atoms with Crippen LogP contribution in [0.5, 0.6) is 0 Å². The van der Waals surface area contributed by atoms with Gasteiger partial charge in [-0.05, 0) is 48.4 Å². The Bertz CT molecular complexity index is 775. The second-order valence-electron chi connectivity index (χ2n) is 7.50. The molecule has 0 unspecified atom stereocenters. The van der Waals surface area contributed by atoms with Gasteiger partial charge in [0, 0.05) is 25.9 Å². The van der Waals surface area contributed by atoms with Gasteiger partial charge < -0.3 is 9.64 Å². The topological polar surface area (TPSA) is 25.4 Å². The summed E-state index contributed by atoms with van der Waals surface area (Å²) >= 11 is 0. The van der Waals surface area contributed by atoms with Crippen molar-refractivity contribution in [2.75, 3.05) is 24.6 Å². The van der Waals surface area contributed by atoms with Crippen LogP contribution < -0.4 is 4.90 Å².